The molecule has 0 saturated carbocycles. The lowest BCUT2D eigenvalue weighted by Crippen LogP contribution is -2.44. The van der Waals surface area contributed by atoms with Crippen LogP contribution in [0.5, 0.6) is 5.88 Å². The third-order valence-corrected chi connectivity index (χ3v) is 10.4. The van der Waals surface area contributed by atoms with E-state index in [9.17, 15) is 12.6 Å². The molecule has 1 aromatic carbocycles. The van der Waals surface area contributed by atoms with Crippen molar-refractivity contribution in [3.63, 3.8) is 0 Å². The van der Waals surface area contributed by atoms with Gasteiger partial charge in [-0.3, -0.25) is 4.21 Å². The van der Waals surface area contributed by atoms with Crippen LogP contribution >= 0.6 is 0 Å². The molecule has 2 fully saturated rings. The zero-order valence-corrected chi connectivity index (χ0v) is 20.9. The van der Waals surface area contributed by atoms with Crippen LogP contribution in [0.2, 0.25) is 0 Å². The predicted octanol–water partition coefficient (Wildman–Crippen LogP) is 3.24. The van der Waals surface area contributed by atoms with E-state index in [1.165, 1.54) is 0 Å². The highest BCUT2D eigenvalue weighted by molar-refractivity contribution is 7.97. The topological polar surface area (TPSA) is 79.8 Å². The molecule has 2 aromatic rings. The first-order valence-electron chi connectivity index (χ1n) is 11.4. The Labute approximate surface area is 198 Å². The van der Waals surface area contributed by atoms with Crippen LogP contribution in [-0.2, 0) is 26.3 Å². The fourth-order valence-corrected chi connectivity index (χ4v) is 7.79. The molecule has 2 saturated heterocycles. The molecule has 33 heavy (non-hydrogen) atoms. The highest BCUT2D eigenvalue weighted by Crippen LogP contribution is 2.38. The summed E-state index contributed by atoms with van der Waals surface area (Å²) in [7, 11) is -5.64. The van der Waals surface area contributed by atoms with Crippen LogP contribution in [-0.4, -0.2) is 63.6 Å². The Morgan fingerprint density at radius 1 is 1.09 bits per heavy atom. The molecule has 2 aliphatic rings. The predicted molar refractivity (Wildman–Crippen MR) is 133 cm³/mol. The van der Waals surface area contributed by atoms with Gasteiger partial charge in [-0.2, -0.15) is 4.31 Å². The van der Waals surface area contributed by atoms with Gasteiger partial charge >= 0.3 is 0 Å². The van der Waals surface area contributed by atoms with E-state index in [0.29, 0.717) is 31.9 Å². The molecule has 3 heterocycles. The molecule has 0 N–H and O–H groups in total. The van der Waals surface area contributed by atoms with Gasteiger partial charge < -0.3 is 4.74 Å². The van der Waals surface area contributed by atoms with Crippen molar-refractivity contribution in [2.24, 2.45) is 0 Å². The van der Waals surface area contributed by atoms with E-state index in [1.54, 1.807) is 16.8 Å². The van der Waals surface area contributed by atoms with Gasteiger partial charge in [-0.15, -0.1) is 0 Å². The van der Waals surface area contributed by atoms with E-state index >= 15 is 0 Å². The van der Waals surface area contributed by atoms with Gasteiger partial charge in [-0.25, -0.2) is 17.7 Å². The molecular weight excluding hydrogens is 458 g/mol. The first kappa shape index (κ1) is 24.2. The second-order valence-electron chi connectivity index (χ2n) is 9.13. The number of ether oxygens (including phenoxy) is 1. The number of hydrogen-bond donors (Lipinski definition) is 0. The maximum Gasteiger partial charge on any atom is 0.221 e. The van der Waals surface area contributed by atoms with Gasteiger partial charge in [-0.05, 0) is 49.6 Å². The lowest BCUT2D eigenvalue weighted by molar-refractivity contribution is 0.131. The lowest BCUT2D eigenvalue weighted by atomic mass is 10.0. The van der Waals surface area contributed by atoms with Gasteiger partial charge in [0.15, 0.2) is 0 Å². The van der Waals surface area contributed by atoms with Crippen LogP contribution in [0, 0.1) is 0 Å². The normalized spacial score (nSPS) is 26.5. The van der Waals surface area contributed by atoms with Gasteiger partial charge in [0.2, 0.25) is 15.9 Å². The molecule has 2 aliphatic heterocycles. The summed E-state index contributed by atoms with van der Waals surface area (Å²) in [5, 5.41) is -0.507. The average Bonchev–Trinajstić information content (AvgIpc) is 2.78. The van der Waals surface area contributed by atoms with E-state index < -0.39 is 25.0 Å². The van der Waals surface area contributed by atoms with Crippen molar-refractivity contribution < 1.29 is 17.4 Å². The van der Waals surface area contributed by atoms with E-state index in [4.69, 9.17) is 4.74 Å². The molecular formula is C24H33N3O4S2. The number of benzene rings is 1. The maximum atomic E-state index is 13.4. The van der Waals surface area contributed by atoms with Gasteiger partial charge in [0.1, 0.15) is 11.4 Å². The molecule has 0 spiro atoms. The maximum absolute atomic E-state index is 13.4. The molecule has 1 aromatic heterocycles. The van der Waals surface area contributed by atoms with Crippen molar-refractivity contribution in [2.75, 3.05) is 19.3 Å². The molecule has 4 rings (SSSR count). The smallest absolute Gasteiger partial charge is 0.221 e. The monoisotopic (exact) mass is 491 g/mol. The number of sulfonamides is 1. The first-order valence-corrected chi connectivity index (χ1v) is 15.0. The highest BCUT2D eigenvalue weighted by Gasteiger charge is 2.40. The molecule has 9 heteroatoms. The number of pyridine rings is 1. The fraction of sp³-hybridized carbons (Fsp3) is 0.500. The minimum atomic E-state index is -3.47. The highest BCUT2D eigenvalue weighted by atomic mass is 32.2. The summed E-state index contributed by atoms with van der Waals surface area (Å²) in [6.45, 7) is 3.65. The van der Waals surface area contributed by atoms with Gasteiger partial charge in [0.05, 0.1) is 0 Å². The van der Waals surface area contributed by atoms with Crippen molar-refractivity contribution in [1.29, 1.82) is 0 Å². The Bertz CT molecular complexity index is 1140. The summed E-state index contributed by atoms with van der Waals surface area (Å²) in [5.41, 5.74) is 1.68. The van der Waals surface area contributed by atoms with Crippen LogP contribution in [0.3, 0.4) is 0 Å². The Morgan fingerprint density at radius 3 is 2.39 bits per heavy atom. The first-order chi connectivity index (χ1) is 15.6. The molecule has 0 radical (unpaired) electrons. The fourth-order valence-electron chi connectivity index (χ4n) is 4.61. The Hall–Kier alpha value is -1.94. The Kier molecular flexibility index (Phi) is 7.14. The molecule has 0 amide bonds. The summed E-state index contributed by atoms with van der Waals surface area (Å²) in [4.78, 5) is 4.43. The zero-order chi connectivity index (χ0) is 23.6. The largest absolute Gasteiger partial charge is 0.474 e. The zero-order valence-electron chi connectivity index (χ0n) is 19.3. The summed E-state index contributed by atoms with van der Waals surface area (Å²) >= 11 is 0. The molecule has 7 nitrogen and oxygen atoms in total. The number of piperidine rings is 1. The van der Waals surface area contributed by atoms with Crippen molar-refractivity contribution in [1.82, 2.24) is 13.6 Å². The number of hydrogen-bond acceptors (Lipinski definition) is 5. The van der Waals surface area contributed by atoms with Crippen molar-refractivity contribution in [3.05, 3.63) is 59.8 Å². The molecule has 2 unspecified atom stereocenters. The van der Waals surface area contributed by atoms with Crippen LogP contribution in [0.15, 0.2) is 48.7 Å². The number of rotatable bonds is 6. The quantitative estimate of drug-likeness (QED) is 0.580. The lowest BCUT2D eigenvalue weighted by Gasteiger charge is -2.37. The van der Waals surface area contributed by atoms with Crippen molar-refractivity contribution in [2.45, 2.75) is 56.5 Å². The molecule has 3 atom stereocenters. The van der Waals surface area contributed by atoms with Crippen LogP contribution in [0.4, 0.5) is 0 Å². The Morgan fingerprint density at radius 2 is 1.79 bits per heavy atom. The third kappa shape index (κ3) is 5.59. The van der Waals surface area contributed by atoms with Crippen LogP contribution in [0.1, 0.15) is 49.0 Å². The van der Waals surface area contributed by atoms with Gasteiger partial charge in [-0.1, -0.05) is 36.4 Å². The second-order valence-corrected chi connectivity index (χ2v) is 13.6. The summed E-state index contributed by atoms with van der Waals surface area (Å²) in [5.74, 6) is 4.28. The van der Waals surface area contributed by atoms with E-state index in [-0.39, 0.29) is 12.1 Å². The second kappa shape index (κ2) is 9.74. The molecule has 0 aliphatic carbocycles. The molecule has 0 bridgehead atoms. The summed E-state index contributed by atoms with van der Waals surface area (Å²) < 4.78 is 48.4. The van der Waals surface area contributed by atoms with Crippen molar-refractivity contribution >= 4 is 25.6 Å². The van der Waals surface area contributed by atoms with E-state index in [1.807, 2.05) is 53.7 Å². The van der Waals surface area contributed by atoms with Crippen molar-refractivity contribution in [3.8, 4) is 5.88 Å². The molecule has 180 valence electrons. The SMILES string of the molecule is C=S(C)(=O)N1CCC(Oc2ccc(CN3[C@@H](C)CCC(c4ccccc4)S3(=O)=O)cn2)CC1. The minimum Gasteiger partial charge on any atom is -0.474 e. The summed E-state index contributed by atoms with van der Waals surface area (Å²) in [6, 6.07) is 13.1. The average molecular weight is 492 g/mol. The number of aromatic nitrogens is 1. The van der Waals surface area contributed by atoms with E-state index in [0.717, 1.165) is 30.4 Å². The van der Waals surface area contributed by atoms with Gasteiger partial charge in [0, 0.05) is 53.9 Å². The van der Waals surface area contributed by atoms with Crippen LogP contribution in [0.25, 0.3) is 0 Å². The number of nitrogens with zero attached hydrogens (tertiary/aromatic N) is 3. The van der Waals surface area contributed by atoms with Gasteiger partial charge in [0.25, 0.3) is 0 Å². The van der Waals surface area contributed by atoms with E-state index in [2.05, 4.69) is 10.9 Å². The third-order valence-electron chi connectivity index (χ3n) is 6.57. The standard InChI is InChI=1S/C24H33N3O4S2/c1-19-9-11-23(21-7-5-4-6-8-21)33(29,30)27(19)18-20-10-12-24(25-17-20)31-22-13-15-26(16-14-22)32(2,3)28/h4-8,10,12,17,19,22-23H,2,9,11,13-16,18H2,1,3H3/t19-,23?,32?/m0/s1. The Balaban J connectivity index is 1.40. The minimum absolute atomic E-state index is 0.0236. The van der Waals surface area contributed by atoms with Crippen LogP contribution < -0.4 is 4.74 Å². The summed E-state index contributed by atoms with van der Waals surface area (Å²) in [6.07, 6.45) is 6.39.